The standard InChI is InChI=1S/C23H16N4O/c24-14-17-7-4-5-11-21(17)22-13-19(26-18-8-6-12-25-15-18)16-27(23(22)28)20-9-2-1-3-10-20/h1-13,15-16,26H. The highest BCUT2D eigenvalue weighted by molar-refractivity contribution is 5.74. The van der Waals surface area contributed by atoms with E-state index in [0.717, 1.165) is 17.1 Å². The second kappa shape index (κ2) is 7.60. The number of para-hydroxylation sites is 1. The molecule has 5 heteroatoms. The van der Waals surface area contributed by atoms with Crippen LogP contribution >= 0.6 is 0 Å². The summed E-state index contributed by atoms with van der Waals surface area (Å²) in [5.41, 5.74) is 3.60. The maximum Gasteiger partial charge on any atom is 0.263 e. The van der Waals surface area contributed by atoms with Gasteiger partial charge >= 0.3 is 0 Å². The van der Waals surface area contributed by atoms with Gasteiger partial charge in [0.25, 0.3) is 5.56 Å². The van der Waals surface area contributed by atoms with Crippen molar-refractivity contribution in [3.8, 4) is 22.9 Å². The lowest BCUT2D eigenvalue weighted by Gasteiger charge is -2.14. The van der Waals surface area contributed by atoms with Gasteiger partial charge in [-0.1, -0.05) is 36.4 Å². The topological polar surface area (TPSA) is 70.7 Å². The Labute approximate surface area is 162 Å². The fourth-order valence-electron chi connectivity index (χ4n) is 3.04. The molecule has 0 spiro atoms. The van der Waals surface area contributed by atoms with Crippen LogP contribution in [0.5, 0.6) is 0 Å². The van der Waals surface area contributed by atoms with Gasteiger partial charge in [-0.2, -0.15) is 5.26 Å². The monoisotopic (exact) mass is 364 g/mol. The smallest absolute Gasteiger partial charge is 0.263 e. The van der Waals surface area contributed by atoms with E-state index in [9.17, 15) is 10.1 Å². The summed E-state index contributed by atoms with van der Waals surface area (Å²) in [5, 5.41) is 12.8. The van der Waals surface area contributed by atoms with Crippen LogP contribution < -0.4 is 10.9 Å². The zero-order valence-electron chi connectivity index (χ0n) is 14.9. The molecular formula is C23H16N4O. The average Bonchev–Trinajstić information content (AvgIpc) is 2.76. The minimum absolute atomic E-state index is 0.189. The molecular weight excluding hydrogens is 348 g/mol. The Morgan fingerprint density at radius 3 is 2.43 bits per heavy atom. The SMILES string of the molecule is N#Cc1ccccc1-c1cc(Nc2cccnc2)cn(-c2ccccc2)c1=O. The second-order valence-corrected chi connectivity index (χ2v) is 6.18. The van der Waals surface area contributed by atoms with Crippen molar-refractivity contribution < 1.29 is 0 Å². The number of anilines is 2. The third kappa shape index (κ3) is 3.39. The normalized spacial score (nSPS) is 10.2. The summed E-state index contributed by atoms with van der Waals surface area (Å²) >= 11 is 0. The van der Waals surface area contributed by atoms with Crippen molar-refractivity contribution in [1.82, 2.24) is 9.55 Å². The second-order valence-electron chi connectivity index (χ2n) is 6.18. The first-order valence-electron chi connectivity index (χ1n) is 8.75. The van der Waals surface area contributed by atoms with E-state index in [-0.39, 0.29) is 5.56 Å². The number of aromatic nitrogens is 2. The molecule has 4 aromatic rings. The molecule has 0 fully saturated rings. The van der Waals surface area contributed by atoms with Crippen LogP contribution in [0.2, 0.25) is 0 Å². The molecule has 134 valence electrons. The highest BCUT2D eigenvalue weighted by Gasteiger charge is 2.13. The first-order chi connectivity index (χ1) is 13.8. The Balaban J connectivity index is 1.94. The van der Waals surface area contributed by atoms with Gasteiger partial charge in [0.1, 0.15) is 0 Å². The molecule has 0 aliphatic carbocycles. The van der Waals surface area contributed by atoms with Crippen molar-refractivity contribution in [3.05, 3.63) is 107 Å². The van der Waals surface area contributed by atoms with Crippen LogP contribution in [0, 0.1) is 11.3 Å². The van der Waals surface area contributed by atoms with Crippen molar-refractivity contribution in [2.45, 2.75) is 0 Å². The summed E-state index contributed by atoms with van der Waals surface area (Å²) < 4.78 is 1.59. The van der Waals surface area contributed by atoms with E-state index in [0.29, 0.717) is 16.7 Å². The van der Waals surface area contributed by atoms with E-state index in [2.05, 4.69) is 16.4 Å². The van der Waals surface area contributed by atoms with Crippen molar-refractivity contribution in [3.63, 3.8) is 0 Å². The highest BCUT2D eigenvalue weighted by Crippen LogP contribution is 2.25. The van der Waals surface area contributed by atoms with E-state index < -0.39 is 0 Å². The minimum Gasteiger partial charge on any atom is -0.353 e. The van der Waals surface area contributed by atoms with Crippen molar-refractivity contribution >= 4 is 11.4 Å². The van der Waals surface area contributed by atoms with Crippen LogP contribution in [0.15, 0.2) is 96.2 Å². The maximum atomic E-state index is 13.3. The van der Waals surface area contributed by atoms with Gasteiger partial charge in [-0.25, -0.2) is 0 Å². The van der Waals surface area contributed by atoms with Crippen LogP contribution in [0.25, 0.3) is 16.8 Å². The molecule has 1 N–H and O–H groups in total. The largest absolute Gasteiger partial charge is 0.353 e. The van der Waals surface area contributed by atoms with Gasteiger partial charge in [0.2, 0.25) is 0 Å². The predicted molar refractivity (Wildman–Crippen MR) is 110 cm³/mol. The lowest BCUT2D eigenvalue weighted by atomic mass is 10.0. The van der Waals surface area contributed by atoms with Gasteiger partial charge in [-0.15, -0.1) is 0 Å². The summed E-state index contributed by atoms with van der Waals surface area (Å²) in [5.74, 6) is 0. The molecule has 0 saturated heterocycles. The molecule has 2 aromatic carbocycles. The van der Waals surface area contributed by atoms with E-state index in [4.69, 9.17) is 0 Å². The first-order valence-corrected chi connectivity index (χ1v) is 8.75. The van der Waals surface area contributed by atoms with E-state index >= 15 is 0 Å². The average molecular weight is 364 g/mol. The Hall–Kier alpha value is -4.17. The Morgan fingerprint density at radius 2 is 1.68 bits per heavy atom. The van der Waals surface area contributed by atoms with Crippen LogP contribution in [0.3, 0.4) is 0 Å². The van der Waals surface area contributed by atoms with E-state index in [1.165, 1.54) is 0 Å². The molecule has 0 atom stereocenters. The summed E-state index contributed by atoms with van der Waals surface area (Å²) in [6.07, 6.45) is 5.16. The van der Waals surface area contributed by atoms with E-state index in [1.54, 1.807) is 47.4 Å². The fourth-order valence-corrected chi connectivity index (χ4v) is 3.04. The van der Waals surface area contributed by atoms with Crippen LogP contribution in [0.1, 0.15) is 5.56 Å². The molecule has 2 heterocycles. The quantitative estimate of drug-likeness (QED) is 0.578. The zero-order chi connectivity index (χ0) is 19.3. The number of hydrogen-bond donors (Lipinski definition) is 1. The molecule has 4 rings (SSSR count). The number of hydrogen-bond acceptors (Lipinski definition) is 4. The first kappa shape index (κ1) is 17.3. The number of benzene rings is 2. The molecule has 0 radical (unpaired) electrons. The van der Waals surface area contributed by atoms with Crippen LogP contribution in [0.4, 0.5) is 11.4 Å². The summed E-state index contributed by atoms with van der Waals surface area (Å²) in [6, 6.07) is 24.2. The lowest BCUT2D eigenvalue weighted by Crippen LogP contribution is -2.20. The molecule has 5 nitrogen and oxygen atoms in total. The van der Waals surface area contributed by atoms with Gasteiger partial charge in [0, 0.05) is 23.6 Å². The zero-order valence-corrected chi connectivity index (χ0v) is 14.9. The van der Waals surface area contributed by atoms with Gasteiger partial charge in [-0.05, 0) is 36.4 Å². The van der Waals surface area contributed by atoms with Crippen LogP contribution in [-0.4, -0.2) is 9.55 Å². The highest BCUT2D eigenvalue weighted by atomic mass is 16.1. The van der Waals surface area contributed by atoms with Crippen LogP contribution in [-0.2, 0) is 0 Å². The Morgan fingerprint density at radius 1 is 0.893 bits per heavy atom. The molecule has 0 saturated carbocycles. The summed E-state index contributed by atoms with van der Waals surface area (Å²) in [7, 11) is 0. The number of pyridine rings is 2. The third-order valence-corrected chi connectivity index (χ3v) is 4.34. The van der Waals surface area contributed by atoms with Gasteiger partial charge < -0.3 is 5.32 Å². The van der Waals surface area contributed by atoms with Crippen molar-refractivity contribution in [2.24, 2.45) is 0 Å². The summed E-state index contributed by atoms with van der Waals surface area (Å²) in [6.45, 7) is 0. The fraction of sp³-hybridized carbons (Fsp3) is 0. The number of rotatable bonds is 4. The van der Waals surface area contributed by atoms with Gasteiger partial charge in [0.15, 0.2) is 0 Å². The molecule has 0 unspecified atom stereocenters. The minimum atomic E-state index is -0.189. The third-order valence-electron chi connectivity index (χ3n) is 4.34. The van der Waals surface area contributed by atoms with Gasteiger partial charge in [-0.3, -0.25) is 14.3 Å². The molecule has 0 aliphatic heterocycles. The number of nitrogens with zero attached hydrogens (tertiary/aromatic N) is 3. The number of nitrogens with one attached hydrogen (secondary N) is 1. The van der Waals surface area contributed by atoms with Crippen molar-refractivity contribution in [1.29, 1.82) is 5.26 Å². The van der Waals surface area contributed by atoms with E-state index in [1.807, 2.05) is 48.5 Å². The molecule has 0 amide bonds. The van der Waals surface area contributed by atoms with Crippen molar-refractivity contribution in [2.75, 3.05) is 5.32 Å². The maximum absolute atomic E-state index is 13.3. The Kier molecular flexibility index (Phi) is 4.68. The predicted octanol–water partition coefficient (Wildman–Crippen LogP) is 4.51. The Bertz CT molecular complexity index is 1210. The number of nitriles is 1. The molecule has 2 aromatic heterocycles. The van der Waals surface area contributed by atoms with Gasteiger partial charge in [0.05, 0.1) is 34.8 Å². The lowest BCUT2D eigenvalue weighted by molar-refractivity contribution is 0.995. The molecule has 0 bridgehead atoms. The summed E-state index contributed by atoms with van der Waals surface area (Å²) in [4.78, 5) is 17.4. The molecule has 28 heavy (non-hydrogen) atoms. The molecule has 0 aliphatic rings.